The van der Waals surface area contributed by atoms with Gasteiger partial charge in [-0.05, 0) is 50.9 Å². The molecule has 1 aliphatic carbocycles. The molecule has 4 nitrogen and oxygen atoms in total. The van der Waals surface area contributed by atoms with Gasteiger partial charge in [0.1, 0.15) is 0 Å². The lowest BCUT2D eigenvalue weighted by Crippen LogP contribution is -2.65. The lowest BCUT2D eigenvalue weighted by Gasteiger charge is -2.60. The van der Waals surface area contributed by atoms with Crippen LogP contribution in [0.3, 0.4) is 0 Å². The summed E-state index contributed by atoms with van der Waals surface area (Å²) in [6.45, 7) is 5.14. The van der Waals surface area contributed by atoms with E-state index < -0.39 is 0 Å². The predicted molar refractivity (Wildman–Crippen MR) is 91.7 cm³/mol. The molecule has 1 aromatic rings. The molecule has 2 heterocycles. The topological polar surface area (TPSA) is 35.6 Å². The standard InChI is InChI=1S/C19H27N3O/c1-13-4-5-14-11-17-16-12-22(18(23)20-2)9-7-19(16,15(14)10-13)6-8-21(17)3/h4-5,10,16-17H,6-9,11-12H2,1-3H3,(H,20,23)/t16-,17+,19+/m0/s1. The molecule has 0 aromatic heterocycles. The first kappa shape index (κ1) is 15.0. The molecule has 2 amide bonds. The van der Waals surface area contributed by atoms with Crippen LogP contribution in [-0.2, 0) is 11.8 Å². The molecule has 0 unspecified atom stereocenters. The first-order valence-electron chi connectivity index (χ1n) is 8.82. The maximum Gasteiger partial charge on any atom is 0.317 e. The fraction of sp³-hybridized carbons (Fsp3) is 0.632. The third-order valence-electron chi connectivity index (χ3n) is 6.63. The predicted octanol–water partition coefficient (Wildman–Crippen LogP) is 2.15. The number of fused-ring (bicyclic) bond motifs is 1. The molecule has 0 radical (unpaired) electrons. The quantitative estimate of drug-likeness (QED) is 0.797. The van der Waals surface area contributed by atoms with Crippen LogP contribution in [0, 0.1) is 12.8 Å². The minimum atomic E-state index is 0.0793. The van der Waals surface area contributed by atoms with Crippen molar-refractivity contribution < 1.29 is 4.79 Å². The number of rotatable bonds is 0. The highest BCUT2D eigenvalue weighted by Crippen LogP contribution is 2.52. The van der Waals surface area contributed by atoms with Gasteiger partial charge in [-0.3, -0.25) is 0 Å². The van der Waals surface area contributed by atoms with Crippen LogP contribution in [0.5, 0.6) is 0 Å². The number of nitrogens with one attached hydrogen (secondary N) is 1. The summed E-state index contributed by atoms with van der Waals surface area (Å²) in [7, 11) is 3.99. The molecule has 4 heteroatoms. The zero-order valence-electron chi connectivity index (χ0n) is 14.4. The molecule has 1 aromatic carbocycles. The van der Waals surface area contributed by atoms with Crippen LogP contribution in [0.25, 0.3) is 0 Å². The van der Waals surface area contributed by atoms with E-state index >= 15 is 0 Å². The van der Waals surface area contributed by atoms with Gasteiger partial charge in [0.05, 0.1) is 0 Å². The molecular formula is C19H27N3O. The van der Waals surface area contributed by atoms with E-state index in [4.69, 9.17) is 0 Å². The van der Waals surface area contributed by atoms with Crippen LogP contribution < -0.4 is 5.32 Å². The number of nitrogens with zero attached hydrogens (tertiary/aromatic N) is 2. The molecule has 2 aliphatic heterocycles. The lowest BCUT2D eigenvalue weighted by molar-refractivity contribution is -0.0164. The van der Waals surface area contributed by atoms with Crippen molar-refractivity contribution in [3.05, 3.63) is 34.9 Å². The van der Waals surface area contributed by atoms with Crippen molar-refractivity contribution in [1.29, 1.82) is 0 Å². The summed E-state index contributed by atoms with van der Waals surface area (Å²) < 4.78 is 0. The number of hydrogen-bond donors (Lipinski definition) is 1. The molecule has 1 N–H and O–H groups in total. The fourth-order valence-electron chi connectivity index (χ4n) is 5.34. The molecule has 124 valence electrons. The maximum absolute atomic E-state index is 12.1. The molecule has 3 atom stereocenters. The lowest BCUT2D eigenvalue weighted by atomic mass is 9.54. The number of amides is 2. The summed E-state index contributed by atoms with van der Waals surface area (Å²) in [6.07, 6.45) is 3.45. The molecule has 0 spiro atoms. The average Bonchev–Trinajstić information content (AvgIpc) is 2.57. The van der Waals surface area contributed by atoms with Crippen LogP contribution in [0.15, 0.2) is 18.2 Å². The zero-order valence-corrected chi connectivity index (χ0v) is 14.4. The molecule has 3 aliphatic rings. The molecule has 2 saturated heterocycles. The third-order valence-corrected chi connectivity index (χ3v) is 6.63. The van der Waals surface area contributed by atoms with Crippen molar-refractivity contribution in [1.82, 2.24) is 15.1 Å². The molecule has 2 fully saturated rings. The van der Waals surface area contributed by atoms with Gasteiger partial charge in [-0.1, -0.05) is 23.8 Å². The first-order chi connectivity index (χ1) is 11.0. The molecule has 0 saturated carbocycles. The van der Waals surface area contributed by atoms with E-state index in [-0.39, 0.29) is 11.4 Å². The Morgan fingerprint density at radius 2 is 2.09 bits per heavy atom. The Labute approximate surface area is 138 Å². The van der Waals surface area contributed by atoms with Gasteiger partial charge in [0.2, 0.25) is 0 Å². The third kappa shape index (κ3) is 2.11. The van der Waals surface area contributed by atoms with E-state index in [2.05, 4.69) is 42.4 Å². The summed E-state index contributed by atoms with van der Waals surface area (Å²) in [5.41, 5.74) is 4.77. The second-order valence-corrected chi connectivity index (χ2v) is 7.68. The van der Waals surface area contributed by atoms with Crippen molar-refractivity contribution in [2.75, 3.05) is 33.7 Å². The van der Waals surface area contributed by atoms with Crippen LogP contribution in [-0.4, -0.2) is 55.6 Å². The summed E-state index contributed by atoms with van der Waals surface area (Å²) in [4.78, 5) is 16.7. The Morgan fingerprint density at radius 1 is 1.30 bits per heavy atom. The van der Waals surface area contributed by atoms with Crippen LogP contribution in [0.1, 0.15) is 29.5 Å². The number of carbonyl (C=O) groups excluding carboxylic acids is 1. The number of urea groups is 1. The van der Waals surface area contributed by atoms with Crippen LogP contribution in [0.4, 0.5) is 4.79 Å². The summed E-state index contributed by atoms with van der Waals surface area (Å²) in [5, 5.41) is 2.81. The Balaban J connectivity index is 1.78. The van der Waals surface area contributed by atoms with Gasteiger partial charge in [-0.2, -0.15) is 0 Å². The van der Waals surface area contributed by atoms with Gasteiger partial charge in [0, 0.05) is 37.5 Å². The summed E-state index contributed by atoms with van der Waals surface area (Å²) >= 11 is 0. The summed E-state index contributed by atoms with van der Waals surface area (Å²) in [5.74, 6) is 0.557. The minimum absolute atomic E-state index is 0.0793. The van der Waals surface area contributed by atoms with E-state index in [0.717, 1.165) is 25.9 Å². The molecule has 2 bridgehead atoms. The van der Waals surface area contributed by atoms with Crippen molar-refractivity contribution in [3.8, 4) is 0 Å². The molecule has 23 heavy (non-hydrogen) atoms. The molecule has 4 rings (SSSR count). The smallest absolute Gasteiger partial charge is 0.317 e. The van der Waals surface area contributed by atoms with E-state index in [1.54, 1.807) is 12.6 Å². The van der Waals surface area contributed by atoms with Gasteiger partial charge in [0.25, 0.3) is 0 Å². The van der Waals surface area contributed by atoms with E-state index in [1.807, 2.05) is 4.90 Å². The maximum atomic E-state index is 12.1. The Bertz CT molecular complexity index is 644. The Kier molecular flexibility index (Phi) is 3.41. The number of piperidine rings is 2. The number of likely N-dealkylation sites (N-methyl/N-ethyl adjacent to an activating group) is 1. The second-order valence-electron chi connectivity index (χ2n) is 7.68. The van der Waals surface area contributed by atoms with Crippen LogP contribution in [0.2, 0.25) is 0 Å². The van der Waals surface area contributed by atoms with Crippen molar-refractivity contribution >= 4 is 6.03 Å². The average molecular weight is 313 g/mol. The SMILES string of the molecule is CNC(=O)N1CC[C@]23CCN(C)[C@H](Cc4ccc(C)cc42)[C@@H]3C1. The number of hydrogen-bond acceptors (Lipinski definition) is 2. The minimum Gasteiger partial charge on any atom is -0.341 e. The number of likely N-dealkylation sites (tertiary alicyclic amines) is 2. The van der Waals surface area contributed by atoms with Crippen LogP contribution >= 0.6 is 0 Å². The highest BCUT2D eigenvalue weighted by atomic mass is 16.2. The van der Waals surface area contributed by atoms with E-state index in [1.165, 1.54) is 24.1 Å². The van der Waals surface area contributed by atoms with Crippen molar-refractivity contribution in [2.24, 2.45) is 5.92 Å². The highest BCUT2D eigenvalue weighted by Gasteiger charge is 2.54. The monoisotopic (exact) mass is 313 g/mol. The number of carbonyl (C=O) groups is 1. The van der Waals surface area contributed by atoms with Gasteiger partial charge >= 0.3 is 6.03 Å². The zero-order chi connectivity index (χ0) is 16.2. The van der Waals surface area contributed by atoms with Gasteiger partial charge in [0.15, 0.2) is 0 Å². The first-order valence-corrected chi connectivity index (χ1v) is 8.82. The van der Waals surface area contributed by atoms with E-state index in [9.17, 15) is 4.79 Å². The highest BCUT2D eigenvalue weighted by molar-refractivity contribution is 5.74. The van der Waals surface area contributed by atoms with E-state index in [0.29, 0.717) is 12.0 Å². The fourth-order valence-corrected chi connectivity index (χ4v) is 5.34. The summed E-state index contributed by atoms with van der Waals surface area (Å²) in [6, 6.07) is 7.67. The normalized spacial score (nSPS) is 32.9. The largest absolute Gasteiger partial charge is 0.341 e. The van der Waals surface area contributed by atoms with Crippen molar-refractivity contribution in [2.45, 2.75) is 37.6 Å². The number of aryl methyl sites for hydroxylation is 1. The number of benzene rings is 1. The Morgan fingerprint density at radius 3 is 2.87 bits per heavy atom. The molecular weight excluding hydrogens is 286 g/mol. The van der Waals surface area contributed by atoms with Gasteiger partial charge < -0.3 is 15.1 Å². The van der Waals surface area contributed by atoms with Crippen molar-refractivity contribution in [3.63, 3.8) is 0 Å². The second kappa shape index (κ2) is 5.23. The Hall–Kier alpha value is -1.55. The van der Waals surface area contributed by atoms with Gasteiger partial charge in [-0.25, -0.2) is 4.79 Å². The van der Waals surface area contributed by atoms with Gasteiger partial charge in [-0.15, -0.1) is 0 Å².